The second kappa shape index (κ2) is 5.87. The van der Waals surface area contributed by atoms with Gasteiger partial charge in [-0.3, -0.25) is 0 Å². The molecule has 0 radical (unpaired) electrons. The molecule has 0 aliphatic rings. The first kappa shape index (κ1) is 12.2. The van der Waals surface area contributed by atoms with Crippen molar-refractivity contribution in [1.29, 1.82) is 0 Å². The molecule has 0 unspecified atom stereocenters. The van der Waals surface area contributed by atoms with Crippen LogP contribution in [-0.2, 0) is 17.8 Å². The third-order valence-corrected chi connectivity index (χ3v) is 2.41. The van der Waals surface area contributed by atoms with Gasteiger partial charge in [-0.25, -0.2) is 4.79 Å². The molecule has 94 valence electrons. The third-order valence-electron chi connectivity index (χ3n) is 2.41. The Morgan fingerprint density at radius 1 is 1.39 bits per heavy atom. The summed E-state index contributed by atoms with van der Waals surface area (Å²) in [4.78, 5) is 11.5. The number of tetrazole rings is 1. The van der Waals surface area contributed by atoms with E-state index in [9.17, 15) is 4.79 Å². The van der Waals surface area contributed by atoms with Crippen LogP contribution in [0.15, 0.2) is 24.3 Å². The Kier molecular flexibility index (Phi) is 3.98. The first-order valence-electron chi connectivity index (χ1n) is 5.40. The zero-order chi connectivity index (χ0) is 12.8. The van der Waals surface area contributed by atoms with E-state index in [4.69, 9.17) is 4.74 Å². The second-order valence-electron chi connectivity index (χ2n) is 3.58. The van der Waals surface area contributed by atoms with Crippen LogP contribution in [-0.4, -0.2) is 33.7 Å². The topological polar surface area (TPSA) is 92.8 Å². The Morgan fingerprint density at radius 2 is 2.22 bits per heavy atom. The molecule has 0 aliphatic heterocycles. The minimum atomic E-state index is -0.341. The predicted octanol–water partition coefficient (Wildman–Crippen LogP) is 0.276. The zero-order valence-corrected chi connectivity index (χ0v) is 9.88. The summed E-state index contributed by atoms with van der Waals surface area (Å²) in [6.07, 6.45) is 0. The minimum absolute atomic E-state index is 0.341. The fraction of sp³-hybridized carbons (Fsp3) is 0.273. The molecular formula is C11H13N5O2. The maximum absolute atomic E-state index is 11.5. The van der Waals surface area contributed by atoms with Gasteiger partial charge in [0.25, 0.3) is 0 Å². The molecular weight excluding hydrogens is 234 g/mol. The number of methoxy groups -OCH3 is 1. The SMILES string of the molecule is COC(=O)c1ccccc1CNCc1nn[nH]n1. The zero-order valence-electron chi connectivity index (χ0n) is 9.88. The van der Waals surface area contributed by atoms with Crippen LogP contribution in [0.5, 0.6) is 0 Å². The number of benzene rings is 1. The number of carbonyl (C=O) groups excluding carboxylic acids is 1. The van der Waals surface area contributed by atoms with Gasteiger partial charge in [-0.05, 0) is 11.6 Å². The van der Waals surface area contributed by atoms with E-state index in [1.807, 2.05) is 12.1 Å². The molecule has 2 rings (SSSR count). The minimum Gasteiger partial charge on any atom is -0.465 e. The number of H-pyrrole nitrogens is 1. The summed E-state index contributed by atoms with van der Waals surface area (Å²) in [7, 11) is 1.37. The average Bonchev–Trinajstić information content (AvgIpc) is 2.92. The van der Waals surface area contributed by atoms with Crippen LogP contribution in [0.4, 0.5) is 0 Å². The van der Waals surface area contributed by atoms with E-state index in [1.165, 1.54) is 7.11 Å². The van der Waals surface area contributed by atoms with Crippen molar-refractivity contribution in [2.24, 2.45) is 0 Å². The number of hydrogen-bond donors (Lipinski definition) is 2. The van der Waals surface area contributed by atoms with E-state index < -0.39 is 0 Å². The van der Waals surface area contributed by atoms with E-state index in [2.05, 4.69) is 25.9 Å². The second-order valence-corrected chi connectivity index (χ2v) is 3.58. The van der Waals surface area contributed by atoms with Gasteiger partial charge in [0.15, 0.2) is 5.82 Å². The number of aromatic amines is 1. The number of carbonyl (C=O) groups is 1. The molecule has 0 saturated heterocycles. The van der Waals surface area contributed by atoms with Crippen molar-refractivity contribution in [3.63, 3.8) is 0 Å². The summed E-state index contributed by atoms with van der Waals surface area (Å²) >= 11 is 0. The molecule has 2 aromatic rings. The van der Waals surface area contributed by atoms with E-state index in [0.717, 1.165) is 5.56 Å². The van der Waals surface area contributed by atoms with Crippen LogP contribution < -0.4 is 5.32 Å². The lowest BCUT2D eigenvalue weighted by Gasteiger charge is -2.07. The maximum Gasteiger partial charge on any atom is 0.338 e. The van der Waals surface area contributed by atoms with E-state index in [0.29, 0.717) is 24.5 Å². The molecule has 0 aliphatic carbocycles. The van der Waals surface area contributed by atoms with Gasteiger partial charge in [0.05, 0.1) is 19.2 Å². The Labute approximate surface area is 104 Å². The van der Waals surface area contributed by atoms with Gasteiger partial charge < -0.3 is 10.1 Å². The Bertz CT molecular complexity index is 512. The van der Waals surface area contributed by atoms with Crippen molar-refractivity contribution in [3.05, 3.63) is 41.2 Å². The van der Waals surface area contributed by atoms with Crippen LogP contribution in [0.2, 0.25) is 0 Å². The summed E-state index contributed by atoms with van der Waals surface area (Å²) < 4.78 is 4.72. The molecule has 0 amide bonds. The maximum atomic E-state index is 11.5. The fourth-order valence-electron chi connectivity index (χ4n) is 1.55. The molecule has 0 saturated carbocycles. The van der Waals surface area contributed by atoms with Gasteiger partial charge >= 0.3 is 5.97 Å². The molecule has 7 heteroatoms. The van der Waals surface area contributed by atoms with Crippen LogP contribution in [0.3, 0.4) is 0 Å². The number of aromatic nitrogens is 4. The average molecular weight is 247 g/mol. The molecule has 0 bridgehead atoms. The molecule has 0 fully saturated rings. The first-order chi connectivity index (χ1) is 8.81. The Balaban J connectivity index is 1.98. The lowest BCUT2D eigenvalue weighted by atomic mass is 10.1. The third kappa shape index (κ3) is 2.89. The monoisotopic (exact) mass is 247 g/mol. The van der Waals surface area contributed by atoms with Crippen molar-refractivity contribution in [1.82, 2.24) is 25.9 Å². The summed E-state index contributed by atoms with van der Waals surface area (Å²) in [6.45, 7) is 1.01. The van der Waals surface area contributed by atoms with Gasteiger partial charge in [-0.2, -0.15) is 5.21 Å². The van der Waals surface area contributed by atoms with Crippen molar-refractivity contribution < 1.29 is 9.53 Å². The highest BCUT2D eigenvalue weighted by Gasteiger charge is 2.10. The number of nitrogens with one attached hydrogen (secondary N) is 2. The molecule has 0 spiro atoms. The normalized spacial score (nSPS) is 10.3. The largest absolute Gasteiger partial charge is 0.465 e. The van der Waals surface area contributed by atoms with Gasteiger partial charge in [-0.1, -0.05) is 23.4 Å². The smallest absolute Gasteiger partial charge is 0.338 e. The van der Waals surface area contributed by atoms with E-state index in [1.54, 1.807) is 12.1 Å². The summed E-state index contributed by atoms with van der Waals surface area (Å²) in [5.41, 5.74) is 1.42. The lowest BCUT2D eigenvalue weighted by molar-refractivity contribution is 0.0599. The van der Waals surface area contributed by atoms with Crippen LogP contribution >= 0.6 is 0 Å². The van der Waals surface area contributed by atoms with Gasteiger partial charge in [0, 0.05) is 6.54 Å². The first-order valence-corrected chi connectivity index (χ1v) is 5.40. The summed E-state index contributed by atoms with van der Waals surface area (Å²) in [5, 5.41) is 16.6. The van der Waals surface area contributed by atoms with E-state index >= 15 is 0 Å². The standard InChI is InChI=1S/C11H13N5O2/c1-18-11(17)9-5-3-2-4-8(9)6-12-7-10-13-15-16-14-10/h2-5,12H,6-7H2,1H3,(H,13,14,15,16). The van der Waals surface area contributed by atoms with Gasteiger partial charge in [0.2, 0.25) is 0 Å². The highest BCUT2D eigenvalue weighted by atomic mass is 16.5. The number of esters is 1. The molecule has 2 N–H and O–H groups in total. The molecule has 18 heavy (non-hydrogen) atoms. The predicted molar refractivity (Wildman–Crippen MR) is 62.5 cm³/mol. The highest BCUT2D eigenvalue weighted by molar-refractivity contribution is 5.90. The number of rotatable bonds is 5. The van der Waals surface area contributed by atoms with Gasteiger partial charge in [-0.15, -0.1) is 10.2 Å². The Hall–Kier alpha value is -2.28. The van der Waals surface area contributed by atoms with Crippen molar-refractivity contribution in [2.45, 2.75) is 13.1 Å². The van der Waals surface area contributed by atoms with Crippen molar-refractivity contribution in [3.8, 4) is 0 Å². The molecule has 7 nitrogen and oxygen atoms in total. The fourth-order valence-corrected chi connectivity index (χ4v) is 1.55. The molecule has 0 atom stereocenters. The van der Waals surface area contributed by atoms with Crippen molar-refractivity contribution in [2.75, 3.05) is 7.11 Å². The number of ether oxygens (including phenoxy) is 1. The molecule has 1 heterocycles. The highest BCUT2D eigenvalue weighted by Crippen LogP contribution is 2.09. The number of nitrogens with zero attached hydrogens (tertiary/aromatic N) is 3. The van der Waals surface area contributed by atoms with Crippen molar-refractivity contribution >= 4 is 5.97 Å². The lowest BCUT2D eigenvalue weighted by Crippen LogP contribution is -2.16. The summed E-state index contributed by atoms with van der Waals surface area (Å²) in [6, 6.07) is 7.28. The van der Waals surface area contributed by atoms with Gasteiger partial charge in [0.1, 0.15) is 0 Å². The van der Waals surface area contributed by atoms with Crippen LogP contribution in [0.25, 0.3) is 0 Å². The molecule has 1 aromatic carbocycles. The Morgan fingerprint density at radius 3 is 2.94 bits per heavy atom. The van der Waals surface area contributed by atoms with Crippen LogP contribution in [0, 0.1) is 0 Å². The van der Waals surface area contributed by atoms with Crippen LogP contribution in [0.1, 0.15) is 21.7 Å². The number of hydrogen-bond acceptors (Lipinski definition) is 6. The molecule has 1 aromatic heterocycles. The van der Waals surface area contributed by atoms with E-state index in [-0.39, 0.29) is 5.97 Å². The summed E-state index contributed by atoms with van der Waals surface area (Å²) in [5.74, 6) is 0.234. The quantitative estimate of drug-likeness (QED) is 0.737.